The van der Waals surface area contributed by atoms with Crippen LogP contribution in [0.25, 0.3) is 0 Å². The van der Waals surface area contributed by atoms with Crippen molar-refractivity contribution >= 4 is 10.1 Å². The van der Waals surface area contributed by atoms with E-state index in [1.165, 1.54) is 0 Å². The van der Waals surface area contributed by atoms with Crippen LogP contribution in [0.1, 0.15) is 5.56 Å². The quantitative estimate of drug-likeness (QED) is 0.554. The third-order valence-corrected chi connectivity index (χ3v) is 4.89. The maximum atomic E-state index is 14.8. The maximum Gasteiger partial charge on any atom is 0.384 e. The van der Waals surface area contributed by atoms with E-state index in [-0.39, 0.29) is 12.1 Å². The van der Waals surface area contributed by atoms with Crippen molar-refractivity contribution in [3.05, 3.63) is 29.8 Å². The van der Waals surface area contributed by atoms with Crippen LogP contribution in [0.4, 0.5) is 48.3 Å². The van der Waals surface area contributed by atoms with Gasteiger partial charge in [0.25, 0.3) is 15.8 Å². The topological polar surface area (TPSA) is 54.4 Å². The van der Waals surface area contributed by atoms with E-state index in [4.69, 9.17) is 4.55 Å². The molecular weight excluding hydrogens is 433 g/mol. The predicted octanol–water partition coefficient (Wildman–Crippen LogP) is 4.29. The molecule has 1 aromatic carbocycles. The molecule has 0 atom stereocenters. The van der Waals surface area contributed by atoms with Crippen molar-refractivity contribution in [2.75, 3.05) is 0 Å². The lowest BCUT2D eigenvalue weighted by atomic mass is 9.69. The standard InChI is InChI=1S/C12H5F11O3S/c13-7(5-3-1-2-4-6(5)27(24,25)26)8(14,15)10(18,19)12(22,23)11(20,21)9(7,16)17/h1-4H,(H,24,25,26). The highest BCUT2D eigenvalue weighted by molar-refractivity contribution is 7.85. The van der Waals surface area contributed by atoms with Crippen molar-refractivity contribution in [2.45, 2.75) is 40.2 Å². The van der Waals surface area contributed by atoms with Crippen LogP contribution >= 0.6 is 0 Å². The highest BCUT2D eigenvalue weighted by Crippen LogP contribution is 2.72. The van der Waals surface area contributed by atoms with Crippen molar-refractivity contribution < 1.29 is 61.3 Å². The van der Waals surface area contributed by atoms with Crippen molar-refractivity contribution in [2.24, 2.45) is 0 Å². The van der Waals surface area contributed by atoms with E-state index < -0.39 is 55.9 Å². The van der Waals surface area contributed by atoms with Crippen LogP contribution in [0.15, 0.2) is 29.2 Å². The molecule has 1 aliphatic rings. The van der Waals surface area contributed by atoms with Crippen LogP contribution in [0.2, 0.25) is 0 Å². The fraction of sp³-hybridized carbons (Fsp3) is 0.500. The van der Waals surface area contributed by atoms with Crippen molar-refractivity contribution in [1.29, 1.82) is 0 Å². The van der Waals surface area contributed by atoms with Gasteiger partial charge in [0, 0.05) is 5.56 Å². The molecule has 0 radical (unpaired) electrons. The molecule has 154 valence electrons. The largest absolute Gasteiger partial charge is 0.384 e. The molecule has 0 heterocycles. The Morgan fingerprint density at radius 3 is 1.33 bits per heavy atom. The second-order valence-electron chi connectivity index (χ2n) is 5.50. The van der Waals surface area contributed by atoms with E-state index in [0.717, 1.165) is 0 Å². The van der Waals surface area contributed by atoms with E-state index in [1.807, 2.05) is 0 Å². The lowest BCUT2D eigenvalue weighted by Crippen LogP contribution is -2.82. The van der Waals surface area contributed by atoms with Crippen LogP contribution in [0, 0.1) is 0 Å². The van der Waals surface area contributed by atoms with Gasteiger partial charge >= 0.3 is 29.6 Å². The van der Waals surface area contributed by atoms with Gasteiger partial charge < -0.3 is 0 Å². The fourth-order valence-corrected chi connectivity index (χ4v) is 3.27. The van der Waals surface area contributed by atoms with Crippen LogP contribution < -0.4 is 0 Å². The molecule has 0 bridgehead atoms. The van der Waals surface area contributed by atoms with E-state index in [0.29, 0.717) is 12.1 Å². The number of rotatable bonds is 2. The Labute approximate surface area is 142 Å². The molecule has 0 aromatic heterocycles. The summed E-state index contributed by atoms with van der Waals surface area (Å²) in [6.07, 6.45) is 0. The van der Waals surface area contributed by atoms with Gasteiger partial charge in [-0.2, -0.15) is 52.3 Å². The monoisotopic (exact) mass is 438 g/mol. The lowest BCUT2D eigenvalue weighted by molar-refractivity contribution is -0.489. The second kappa shape index (κ2) is 5.24. The molecule has 0 saturated heterocycles. The Balaban J connectivity index is 3.07. The summed E-state index contributed by atoms with van der Waals surface area (Å²) in [5.41, 5.74) is -9.40. The van der Waals surface area contributed by atoms with Gasteiger partial charge in [-0.3, -0.25) is 4.55 Å². The zero-order valence-corrected chi connectivity index (χ0v) is 13.0. The lowest BCUT2D eigenvalue weighted by Gasteiger charge is -2.52. The van der Waals surface area contributed by atoms with Crippen molar-refractivity contribution in [1.82, 2.24) is 0 Å². The van der Waals surface area contributed by atoms with Crippen molar-refractivity contribution in [3.8, 4) is 0 Å². The van der Waals surface area contributed by atoms with Gasteiger partial charge in [-0.05, 0) is 6.07 Å². The summed E-state index contributed by atoms with van der Waals surface area (Å²) in [6.45, 7) is 0. The highest BCUT2D eigenvalue weighted by Gasteiger charge is 3.01. The normalized spacial score (nSPS) is 27.1. The first-order valence-electron chi connectivity index (χ1n) is 6.38. The SMILES string of the molecule is O=S(=O)(O)c1ccccc1C1(F)C(F)(F)C(F)(F)C(F)(F)C(F)(F)C1(F)F. The van der Waals surface area contributed by atoms with E-state index in [1.54, 1.807) is 0 Å². The Morgan fingerprint density at radius 2 is 0.963 bits per heavy atom. The minimum atomic E-state index is -7.42. The molecular formula is C12H5F11O3S. The number of hydrogen-bond acceptors (Lipinski definition) is 2. The van der Waals surface area contributed by atoms with Crippen molar-refractivity contribution in [3.63, 3.8) is 0 Å². The minimum Gasteiger partial charge on any atom is -0.282 e. The second-order valence-corrected chi connectivity index (χ2v) is 6.89. The Morgan fingerprint density at radius 1 is 0.630 bits per heavy atom. The molecule has 3 nitrogen and oxygen atoms in total. The van der Waals surface area contributed by atoms with Crippen LogP contribution in [0.3, 0.4) is 0 Å². The first kappa shape index (κ1) is 21.7. The predicted molar refractivity (Wildman–Crippen MR) is 63.8 cm³/mol. The first-order valence-corrected chi connectivity index (χ1v) is 7.82. The fourth-order valence-electron chi connectivity index (χ4n) is 2.54. The average molecular weight is 438 g/mol. The molecule has 1 fully saturated rings. The molecule has 27 heavy (non-hydrogen) atoms. The average Bonchev–Trinajstić information content (AvgIpc) is 2.51. The summed E-state index contributed by atoms with van der Waals surface area (Å²) in [6, 6.07) is 0.377. The summed E-state index contributed by atoms with van der Waals surface area (Å²) in [4.78, 5) is -2.22. The number of alkyl halides is 11. The van der Waals surface area contributed by atoms with Crippen LogP contribution in [-0.2, 0) is 15.8 Å². The molecule has 0 unspecified atom stereocenters. The van der Waals surface area contributed by atoms with Gasteiger partial charge in [0.15, 0.2) is 0 Å². The van der Waals surface area contributed by atoms with E-state index >= 15 is 0 Å². The van der Waals surface area contributed by atoms with E-state index in [9.17, 15) is 56.7 Å². The number of halogens is 11. The first-order chi connectivity index (χ1) is 11.7. The number of benzene rings is 1. The molecule has 2 rings (SSSR count). The van der Waals surface area contributed by atoms with Gasteiger partial charge in [-0.1, -0.05) is 18.2 Å². The molecule has 1 saturated carbocycles. The van der Waals surface area contributed by atoms with Crippen LogP contribution in [-0.4, -0.2) is 42.6 Å². The number of hydrogen-bond donors (Lipinski definition) is 1. The molecule has 15 heteroatoms. The summed E-state index contributed by atoms with van der Waals surface area (Å²) < 4.78 is 182. The minimum absolute atomic E-state index is 0.0544. The van der Waals surface area contributed by atoms with Crippen LogP contribution in [0.5, 0.6) is 0 Å². The Bertz CT molecular complexity index is 848. The maximum absolute atomic E-state index is 14.8. The zero-order valence-electron chi connectivity index (χ0n) is 12.1. The molecule has 1 aromatic rings. The molecule has 0 aliphatic heterocycles. The van der Waals surface area contributed by atoms with E-state index in [2.05, 4.69) is 0 Å². The summed E-state index contributed by atoms with van der Waals surface area (Å²) in [5.74, 6) is -36.7. The third kappa shape index (κ3) is 2.14. The van der Waals surface area contributed by atoms with Gasteiger partial charge in [-0.25, -0.2) is 4.39 Å². The van der Waals surface area contributed by atoms with Gasteiger partial charge in [0.2, 0.25) is 0 Å². The smallest absolute Gasteiger partial charge is 0.282 e. The highest BCUT2D eigenvalue weighted by atomic mass is 32.2. The third-order valence-electron chi connectivity index (χ3n) is 3.98. The Hall–Kier alpha value is -1.64. The molecule has 0 spiro atoms. The van der Waals surface area contributed by atoms with Gasteiger partial charge in [0.05, 0.1) is 0 Å². The summed E-state index contributed by atoms with van der Waals surface area (Å²) >= 11 is 0. The molecule has 1 aliphatic carbocycles. The summed E-state index contributed by atoms with van der Waals surface area (Å²) in [7, 11) is -5.91. The molecule has 0 amide bonds. The van der Waals surface area contributed by atoms with Gasteiger partial charge in [-0.15, -0.1) is 0 Å². The Kier molecular flexibility index (Phi) is 4.20. The van der Waals surface area contributed by atoms with Gasteiger partial charge in [0.1, 0.15) is 4.90 Å². The molecule has 1 N–H and O–H groups in total. The zero-order chi connectivity index (χ0) is 21.5. The summed E-state index contributed by atoms with van der Waals surface area (Å²) in [5, 5.41) is 0.